The number of hydrogen-bond donors (Lipinski definition) is 0. The van der Waals surface area contributed by atoms with E-state index in [0.717, 1.165) is 0 Å². The molecule has 2 heterocycles. The quantitative estimate of drug-likeness (QED) is 0.449. The van der Waals surface area contributed by atoms with E-state index in [0.29, 0.717) is 0 Å². The minimum atomic E-state index is -3.69. The monoisotopic (exact) mass is 292 g/mol. The Kier molecular flexibility index (Phi) is 4.60. The predicted molar refractivity (Wildman–Crippen MR) is 72.8 cm³/mol. The van der Waals surface area contributed by atoms with E-state index in [9.17, 15) is 8.42 Å². The fourth-order valence-electron chi connectivity index (χ4n) is 1.69. The SMILES string of the molecule is C=CCS(=O)(=O)OC([n+]1ccccc1)[n+]1ccccc1. The van der Waals surface area contributed by atoms with Crippen LogP contribution in [-0.4, -0.2) is 14.2 Å². The van der Waals surface area contributed by atoms with Crippen molar-refractivity contribution in [3.05, 3.63) is 73.8 Å². The molecule has 0 amide bonds. The summed E-state index contributed by atoms with van der Waals surface area (Å²) in [7, 11) is -3.69. The molecule has 104 valence electrons. The van der Waals surface area contributed by atoms with Crippen LogP contribution in [-0.2, 0) is 14.3 Å². The molecule has 0 aromatic carbocycles. The van der Waals surface area contributed by atoms with Gasteiger partial charge >= 0.3 is 6.35 Å². The molecule has 0 bridgehead atoms. The van der Waals surface area contributed by atoms with E-state index in [1.807, 2.05) is 12.1 Å². The van der Waals surface area contributed by atoms with Gasteiger partial charge in [-0.25, -0.2) is 0 Å². The van der Waals surface area contributed by atoms with Crippen LogP contribution in [0.4, 0.5) is 0 Å². The number of aromatic nitrogens is 2. The molecule has 0 radical (unpaired) electrons. The fourth-order valence-corrected chi connectivity index (χ4v) is 2.51. The summed E-state index contributed by atoms with van der Waals surface area (Å²) in [5, 5.41) is 0. The van der Waals surface area contributed by atoms with E-state index in [1.54, 1.807) is 58.2 Å². The van der Waals surface area contributed by atoms with Gasteiger partial charge in [-0.1, -0.05) is 18.2 Å². The second-order valence-electron chi connectivity index (χ2n) is 4.08. The maximum absolute atomic E-state index is 11.9. The molecule has 0 saturated heterocycles. The zero-order valence-electron chi connectivity index (χ0n) is 10.9. The molecular weight excluding hydrogens is 276 g/mol. The summed E-state index contributed by atoms with van der Waals surface area (Å²) in [5.41, 5.74) is 0. The average molecular weight is 292 g/mol. The van der Waals surface area contributed by atoms with E-state index in [1.165, 1.54) is 6.08 Å². The molecule has 0 aliphatic carbocycles. The van der Waals surface area contributed by atoms with Gasteiger partial charge in [0.05, 0.1) is 5.75 Å². The van der Waals surface area contributed by atoms with Crippen molar-refractivity contribution in [2.45, 2.75) is 6.35 Å². The zero-order chi connectivity index (χ0) is 14.4. The van der Waals surface area contributed by atoms with E-state index in [-0.39, 0.29) is 5.75 Å². The van der Waals surface area contributed by atoms with Crippen molar-refractivity contribution in [2.75, 3.05) is 5.75 Å². The largest absolute Gasteiger partial charge is 0.488 e. The highest BCUT2D eigenvalue weighted by Crippen LogP contribution is 2.03. The minimum Gasteiger partial charge on any atom is -0.199 e. The first-order valence-electron chi connectivity index (χ1n) is 6.06. The van der Waals surface area contributed by atoms with Gasteiger partial charge in [-0.15, -0.1) is 19.9 Å². The molecule has 2 rings (SSSR count). The molecule has 0 aliphatic rings. The summed E-state index contributed by atoms with van der Waals surface area (Å²) in [4.78, 5) is 0. The molecule has 0 spiro atoms. The molecule has 0 aliphatic heterocycles. The molecule has 20 heavy (non-hydrogen) atoms. The Morgan fingerprint density at radius 3 is 1.80 bits per heavy atom. The Bertz CT molecular complexity index is 618. The van der Waals surface area contributed by atoms with Crippen molar-refractivity contribution in [2.24, 2.45) is 0 Å². The summed E-state index contributed by atoms with van der Waals surface area (Å²) in [6.07, 6.45) is 7.48. The smallest absolute Gasteiger partial charge is 0.199 e. The summed E-state index contributed by atoms with van der Waals surface area (Å²) in [6, 6.07) is 10.9. The van der Waals surface area contributed by atoms with Gasteiger partial charge in [-0.05, 0) is 0 Å². The third-order valence-corrected chi connectivity index (χ3v) is 3.65. The Labute approximate surface area is 118 Å². The van der Waals surface area contributed by atoms with Crippen LogP contribution in [0.2, 0.25) is 0 Å². The van der Waals surface area contributed by atoms with Crippen LogP contribution >= 0.6 is 0 Å². The average Bonchev–Trinajstić information content (AvgIpc) is 2.47. The second kappa shape index (κ2) is 6.40. The molecule has 0 fully saturated rings. The lowest BCUT2D eigenvalue weighted by molar-refractivity contribution is -0.977. The highest BCUT2D eigenvalue weighted by molar-refractivity contribution is 7.86. The lowest BCUT2D eigenvalue weighted by Gasteiger charge is -2.07. The van der Waals surface area contributed by atoms with Crippen molar-refractivity contribution < 1.29 is 21.7 Å². The maximum atomic E-state index is 11.9. The van der Waals surface area contributed by atoms with Crippen molar-refractivity contribution in [3.63, 3.8) is 0 Å². The van der Waals surface area contributed by atoms with Gasteiger partial charge in [0.15, 0.2) is 24.8 Å². The molecule has 0 unspecified atom stereocenters. The topological polar surface area (TPSA) is 51.1 Å². The molecule has 2 aromatic rings. The third-order valence-electron chi connectivity index (χ3n) is 2.54. The highest BCUT2D eigenvalue weighted by atomic mass is 32.2. The minimum absolute atomic E-state index is 0.232. The highest BCUT2D eigenvalue weighted by Gasteiger charge is 2.33. The molecule has 2 aromatic heterocycles. The molecule has 5 nitrogen and oxygen atoms in total. The standard InChI is InChI=1S/C14H16N2O3S/c1-2-13-20(17,18)19-14(15-9-5-3-6-10-15)16-11-7-4-8-12-16/h2-12,14H,1,13H2/q+2. The van der Waals surface area contributed by atoms with Crippen molar-refractivity contribution in [3.8, 4) is 0 Å². The van der Waals surface area contributed by atoms with Gasteiger partial charge in [-0.2, -0.15) is 8.42 Å². The van der Waals surface area contributed by atoms with Crippen molar-refractivity contribution in [1.29, 1.82) is 0 Å². The van der Waals surface area contributed by atoms with Crippen LogP contribution in [0.15, 0.2) is 73.8 Å². The van der Waals surface area contributed by atoms with Crippen molar-refractivity contribution >= 4 is 10.1 Å². The van der Waals surface area contributed by atoms with Gasteiger partial charge in [-0.3, -0.25) is 0 Å². The van der Waals surface area contributed by atoms with Crippen LogP contribution < -0.4 is 9.13 Å². The van der Waals surface area contributed by atoms with Crippen molar-refractivity contribution in [1.82, 2.24) is 0 Å². The third kappa shape index (κ3) is 3.72. The Morgan fingerprint density at radius 1 is 0.950 bits per heavy atom. The lowest BCUT2D eigenvalue weighted by Crippen LogP contribution is -2.58. The number of pyridine rings is 2. The lowest BCUT2D eigenvalue weighted by atomic mass is 10.4. The van der Waals surface area contributed by atoms with Crippen LogP contribution in [0.25, 0.3) is 0 Å². The first-order chi connectivity index (χ1) is 9.62. The van der Waals surface area contributed by atoms with Crippen LogP contribution in [0, 0.1) is 0 Å². The number of rotatable bonds is 6. The summed E-state index contributed by atoms with van der Waals surface area (Å²) in [6.45, 7) is 3.43. The second-order valence-corrected chi connectivity index (χ2v) is 5.72. The molecular formula is C14H16N2O3S+2. The van der Waals surface area contributed by atoms with E-state index in [2.05, 4.69) is 6.58 Å². The Morgan fingerprint density at radius 2 is 1.40 bits per heavy atom. The van der Waals surface area contributed by atoms with Crippen LogP contribution in [0.1, 0.15) is 6.35 Å². The van der Waals surface area contributed by atoms with Gasteiger partial charge in [0.2, 0.25) is 0 Å². The number of hydrogen-bond acceptors (Lipinski definition) is 3. The van der Waals surface area contributed by atoms with E-state index < -0.39 is 16.5 Å². The van der Waals surface area contributed by atoms with Gasteiger partial charge in [0.1, 0.15) is 0 Å². The molecule has 0 saturated carbocycles. The first-order valence-corrected chi connectivity index (χ1v) is 7.63. The zero-order valence-corrected chi connectivity index (χ0v) is 11.7. The Hall–Kier alpha value is -2.05. The Balaban J connectivity index is 2.38. The van der Waals surface area contributed by atoms with E-state index >= 15 is 0 Å². The summed E-state index contributed by atoms with van der Waals surface area (Å²) >= 11 is 0. The van der Waals surface area contributed by atoms with Crippen LogP contribution in [0.3, 0.4) is 0 Å². The van der Waals surface area contributed by atoms with Gasteiger partial charge in [0, 0.05) is 24.3 Å². The summed E-state index contributed by atoms with van der Waals surface area (Å²) < 4.78 is 32.3. The van der Waals surface area contributed by atoms with Gasteiger partial charge < -0.3 is 0 Å². The van der Waals surface area contributed by atoms with Gasteiger partial charge in [0.25, 0.3) is 10.1 Å². The summed E-state index contributed by atoms with van der Waals surface area (Å²) in [5.74, 6) is -0.232. The fraction of sp³-hybridized carbons (Fsp3) is 0.143. The normalized spacial score (nSPS) is 11.4. The molecule has 0 N–H and O–H groups in total. The first kappa shape index (κ1) is 14.4. The molecule has 0 atom stereocenters. The van der Waals surface area contributed by atoms with E-state index in [4.69, 9.17) is 4.18 Å². The number of nitrogens with zero attached hydrogens (tertiary/aromatic N) is 2. The molecule has 6 heteroatoms. The van der Waals surface area contributed by atoms with Crippen LogP contribution in [0.5, 0.6) is 0 Å². The maximum Gasteiger partial charge on any atom is 0.488 e. The predicted octanol–water partition coefficient (Wildman–Crippen LogP) is 0.798.